The van der Waals surface area contributed by atoms with Crippen LogP contribution in [0.2, 0.25) is 0 Å². The minimum absolute atomic E-state index is 0.0555. The molecule has 1 aliphatic rings. The van der Waals surface area contributed by atoms with Crippen molar-refractivity contribution in [2.75, 3.05) is 12.3 Å². The smallest absolute Gasteiger partial charge is 0.240 e. The molecule has 1 aromatic carbocycles. The zero-order valence-corrected chi connectivity index (χ0v) is 16.5. The van der Waals surface area contributed by atoms with Gasteiger partial charge in [0.15, 0.2) is 5.76 Å². The number of aromatic nitrogens is 2. The molecule has 146 valence electrons. The Balaban J connectivity index is 1.64. The lowest BCUT2D eigenvalue weighted by Crippen LogP contribution is -2.50. The van der Waals surface area contributed by atoms with Gasteiger partial charge in [-0.05, 0) is 36.6 Å². The monoisotopic (exact) mass is 396 g/mol. The van der Waals surface area contributed by atoms with E-state index in [0.717, 1.165) is 30.0 Å². The van der Waals surface area contributed by atoms with Crippen molar-refractivity contribution in [2.24, 2.45) is 5.73 Å². The van der Waals surface area contributed by atoms with Crippen LogP contribution in [0, 0.1) is 0 Å². The van der Waals surface area contributed by atoms with Gasteiger partial charge in [-0.1, -0.05) is 30.3 Å². The highest BCUT2D eigenvalue weighted by molar-refractivity contribution is 7.80. The number of carbonyl (C=O) groups is 1. The van der Waals surface area contributed by atoms with E-state index in [-0.39, 0.29) is 11.9 Å². The second-order valence-electron chi connectivity index (χ2n) is 7.02. The Labute approximate surface area is 169 Å². The van der Waals surface area contributed by atoms with E-state index < -0.39 is 6.04 Å². The summed E-state index contributed by atoms with van der Waals surface area (Å²) >= 11 is 4.21. The lowest BCUT2D eigenvalue weighted by molar-refractivity contribution is -0.136. The van der Waals surface area contributed by atoms with Crippen molar-refractivity contribution in [1.82, 2.24) is 14.7 Å². The molecule has 3 heterocycles. The van der Waals surface area contributed by atoms with E-state index in [2.05, 4.69) is 24.8 Å². The van der Waals surface area contributed by atoms with Gasteiger partial charge in [-0.15, -0.1) is 0 Å². The van der Waals surface area contributed by atoms with Crippen LogP contribution in [0.4, 0.5) is 0 Å². The molecule has 0 bridgehead atoms. The Kier molecular flexibility index (Phi) is 5.54. The molecule has 1 aliphatic heterocycles. The first-order valence-electron chi connectivity index (χ1n) is 9.50. The van der Waals surface area contributed by atoms with Crippen LogP contribution in [0.5, 0.6) is 0 Å². The van der Waals surface area contributed by atoms with Crippen molar-refractivity contribution in [2.45, 2.75) is 31.5 Å². The average molecular weight is 397 g/mol. The van der Waals surface area contributed by atoms with Crippen molar-refractivity contribution in [3.63, 3.8) is 0 Å². The fourth-order valence-corrected chi connectivity index (χ4v) is 3.90. The standard InChI is InChI=1S/C21H24N4O2S/c22-16(14-28)21(26)24-10-11-25-19(13-17(23-25)20-7-4-12-27-20)18(24)9-8-15-5-2-1-3-6-15/h1-7,12-13,16,18,28H,8-11,14,22H2/t16-,18?/m0/s1. The van der Waals surface area contributed by atoms with E-state index in [4.69, 9.17) is 15.2 Å². The quantitative estimate of drug-likeness (QED) is 0.628. The average Bonchev–Trinajstić information content (AvgIpc) is 3.41. The number of thiol groups is 1. The van der Waals surface area contributed by atoms with Gasteiger partial charge in [0.2, 0.25) is 5.91 Å². The Hall–Kier alpha value is -2.51. The third-order valence-corrected chi connectivity index (χ3v) is 5.59. The van der Waals surface area contributed by atoms with Crippen LogP contribution in [0.1, 0.15) is 23.7 Å². The number of furan rings is 1. The number of rotatable bonds is 6. The SMILES string of the molecule is N[C@@H](CS)C(=O)N1CCn2nc(-c3ccco3)cc2C1CCc1ccccc1. The molecule has 7 heteroatoms. The maximum absolute atomic E-state index is 12.9. The van der Waals surface area contributed by atoms with E-state index in [1.54, 1.807) is 6.26 Å². The highest BCUT2D eigenvalue weighted by Crippen LogP contribution is 2.33. The topological polar surface area (TPSA) is 77.3 Å². The van der Waals surface area contributed by atoms with E-state index >= 15 is 0 Å². The Morgan fingerprint density at radius 3 is 2.79 bits per heavy atom. The predicted octanol–water partition coefficient (Wildman–Crippen LogP) is 2.92. The lowest BCUT2D eigenvalue weighted by Gasteiger charge is -2.37. The van der Waals surface area contributed by atoms with E-state index in [1.165, 1.54) is 5.56 Å². The van der Waals surface area contributed by atoms with Crippen molar-refractivity contribution in [3.8, 4) is 11.5 Å². The van der Waals surface area contributed by atoms with E-state index in [1.807, 2.05) is 46.0 Å². The minimum Gasteiger partial charge on any atom is -0.463 e. The maximum atomic E-state index is 12.9. The highest BCUT2D eigenvalue weighted by atomic mass is 32.1. The van der Waals surface area contributed by atoms with Gasteiger partial charge in [0.05, 0.1) is 30.6 Å². The Morgan fingerprint density at radius 2 is 2.07 bits per heavy atom. The Morgan fingerprint density at radius 1 is 1.25 bits per heavy atom. The highest BCUT2D eigenvalue weighted by Gasteiger charge is 2.34. The first-order valence-corrected chi connectivity index (χ1v) is 10.1. The number of aryl methyl sites for hydroxylation is 1. The van der Waals surface area contributed by atoms with Crippen molar-refractivity contribution in [3.05, 3.63) is 66.1 Å². The summed E-state index contributed by atoms with van der Waals surface area (Å²) < 4.78 is 7.49. The second kappa shape index (κ2) is 8.24. The molecule has 0 radical (unpaired) electrons. The molecule has 2 aromatic heterocycles. The second-order valence-corrected chi connectivity index (χ2v) is 7.38. The molecule has 0 aliphatic carbocycles. The van der Waals surface area contributed by atoms with Gasteiger partial charge in [-0.25, -0.2) is 0 Å². The molecular weight excluding hydrogens is 372 g/mol. The molecule has 0 spiro atoms. The van der Waals surface area contributed by atoms with Crippen LogP contribution in [0.3, 0.4) is 0 Å². The van der Waals surface area contributed by atoms with Gasteiger partial charge < -0.3 is 15.1 Å². The summed E-state index contributed by atoms with van der Waals surface area (Å²) in [5.41, 5.74) is 9.07. The fourth-order valence-electron chi connectivity index (χ4n) is 3.75. The molecule has 1 unspecified atom stereocenters. The van der Waals surface area contributed by atoms with Crippen LogP contribution in [0.25, 0.3) is 11.5 Å². The van der Waals surface area contributed by atoms with Crippen molar-refractivity contribution < 1.29 is 9.21 Å². The largest absolute Gasteiger partial charge is 0.463 e. The molecule has 1 amide bonds. The van der Waals surface area contributed by atoms with Crippen LogP contribution in [-0.2, 0) is 17.8 Å². The molecular formula is C21H24N4O2S. The third-order valence-electron chi connectivity index (χ3n) is 5.20. The van der Waals surface area contributed by atoms with Crippen LogP contribution in [-0.4, -0.2) is 38.9 Å². The maximum Gasteiger partial charge on any atom is 0.240 e. The summed E-state index contributed by atoms with van der Waals surface area (Å²) in [7, 11) is 0. The number of fused-ring (bicyclic) bond motifs is 1. The summed E-state index contributed by atoms with van der Waals surface area (Å²) in [4.78, 5) is 14.8. The summed E-state index contributed by atoms with van der Waals surface area (Å²) in [5.74, 6) is 1.01. The van der Waals surface area contributed by atoms with Gasteiger partial charge in [-0.2, -0.15) is 17.7 Å². The minimum atomic E-state index is -0.596. The van der Waals surface area contributed by atoms with Crippen LogP contribution >= 0.6 is 12.6 Å². The number of carbonyl (C=O) groups excluding carboxylic acids is 1. The van der Waals surface area contributed by atoms with Gasteiger partial charge in [-0.3, -0.25) is 9.48 Å². The zero-order valence-electron chi connectivity index (χ0n) is 15.6. The van der Waals surface area contributed by atoms with Gasteiger partial charge >= 0.3 is 0 Å². The van der Waals surface area contributed by atoms with E-state index in [9.17, 15) is 4.79 Å². The number of hydrogen-bond donors (Lipinski definition) is 2. The molecule has 28 heavy (non-hydrogen) atoms. The zero-order chi connectivity index (χ0) is 19.5. The number of nitrogens with two attached hydrogens (primary N) is 1. The van der Waals surface area contributed by atoms with Crippen molar-refractivity contribution >= 4 is 18.5 Å². The molecule has 0 saturated heterocycles. The molecule has 0 fully saturated rings. The number of nitrogens with zero attached hydrogens (tertiary/aromatic N) is 3. The Bertz CT molecular complexity index is 923. The van der Waals surface area contributed by atoms with Gasteiger partial charge in [0, 0.05) is 12.3 Å². The number of benzene rings is 1. The first-order chi connectivity index (χ1) is 13.7. The predicted molar refractivity (Wildman–Crippen MR) is 111 cm³/mol. The van der Waals surface area contributed by atoms with Gasteiger partial charge in [0.1, 0.15) is 5.69 Å². The van der Waals surface area contributed by atoms with Crippen molar-refractivity contribution in [1.29, 1.82) is 0 Å². The fraction of sp³-hybridized carbons (Fsp3) is 0.333. The van der Waals surface area contributed by atoms with E-state index in [0.29, 0.717) is 18.8 Å². The summed E-state index contributed by atoms with van der Waals surface area (Å²) in [6.07, 6.45) is 3.31. The number of hydrogen-bond acceptors (Lipinski definition) is 5. The lowest BCUT2D eigenvalue weighted by atomic mass is 9.99. The third kappa shape index (κ3) is 3.72. The molecule has 2 N–H and O–H groups in total. The summed E-state index contributed by atoms with van der Waals surface area (Å²) in [6, 6.07) is 15.4. The normalized spacial score (nSPS) is 17.4. The molecule has 6 nitrogen and oxygen atoms in total. The van der Waals surface area contributed by atoms with Crippen LogP contribution < -0.4 is 5.73 Å². The van der Waals surface area contributed by atoms with Gasteiger partial charge in [0.25, 0.3) is 0 Å². The first kappa shape index (κ1) is 18.8. The molecule has 3 aromatic rings. The molecule has 0 saturated carbocycles. The summed E-state index contributed by atoms with van der Waals surface area (Å²) in [6.45, 7) is 1.23. The molecule has 4 rings (SSSR count). The summed E-state index contributed by atoms with van der Waals surface area (Å²) in [5, 5.41) is 4.70. The molecule has 2 atom stereocenters. The number of amides is 1. The van der Waals surface area contributed by atoms with Crippen LogP contribution in [0.15, 0.2) is 59.2 Å².